The van der Waals surface area contributed by atoms with Gasteiger partial charge in [0, 0.05) is 0 Å². The van der Waals surface area contributed by atoms with Gasteiger partial charge in [0.1, 0.15) is 12.5 Å². The Bertz CT molecular complexity index is 151. The monoisotopic (exact) mass is 218 g/mol. The molecule has 0 aromatic heterocycles. The van der Waals surface area contributed by atoms with E-state index in [0.29, 0.717) is 5.92 Å². The highest BCUT2D eigenvalue weighted by Crippen LogP contribution is 2.19. The van der Waals surface area contributed by atoms with E-state index in [-0.39, 0.29) is 6.17 Å². The van der Waals surface area contributed by atoms with E-state index in [1.807, 2.05) is 7.05 Å². The van der Waals surface area contributed by atoms with Crippen molar-refractivity contribution in [2.75, 3.05) is 7.05 Å². The summed E-state index contributed by atoms with van der Waals surface area (Å²) in [5, 5.41) is 22.5. The molecule has 0 amide bonds. The van der Waals surface area contributed by atoms with Crippen molar-refractivity contribution in [1.29, 1.82) is 0 Å². The van der Waals surface area contributed by atoms with Gasteiger partial charge in [0.25, 0.3) is 0 Å². The van der Waals surface area contributed by atoms with Crippen molar-refractivity contribution in [3.8, 4) is 0 Å². The standard InChI is InChI=1S/C11H26N2O2/c1-6-10(7-2)11(12-5)13(8(3)14)9(4)15/h8-12,14-15H,6-7H2,1-5H3. The molecule has 0 saturated heterocycles. The molecule has 0 aliphatic heterocycles. The Labute approximate surface area is 93.3 Å². The fourth-order valence-corrected chi connectivity index (χ4v) is 2.14. The van der Waals surface area contributed by atoms with Gasteiger partial charge in [0.05, 0.1) is 6.17 Å². The zero-order valence-electron chi connectivity index (χ0n) is 10.6. The van der Waals surface area contributed by atoms with Crippen LogP contribution in [0.2, 0.25) is 0 Å². The average molecular weight is 218 g/mol. The first kappa shape index (κ1) is 14.8. The summed E-state index contributed by atoms with van der Waals surface area (Å²) >= 11 is 0. The molecule has 3 atom stereocenters. The average Bonchev–Trinajstić information content (AvgIpc) is 2.16. The molecule has 0 bridgehead atoms. The number of aliphatic hydroxyl groups excluding tert-OH is 2. The zero-order chi connectivity index (χ0) is 12.0. The smallest absolute Gasteiger partial charge is 0.107 e. The maximum Gasteiger partial charge on any atom is 0.107 e. The van der Waals surface area contributed by atoms with Crippen LogP contribution in [0.4, 0.5) is 0 Å². The Morgan fingerprint density at radius 1 is 1.07 bits per heavy atom. The van der Waals surface area contributed by atoms with E-state index in [0.717, 1.165) is 12.8 Å². The quantitative estimate of drug-likeness (QED) is 0.557. The van der Waals surface area contributed by atoms with Gasteiger partial charge in [-0.1, -0.05) is 26.7 Å². The summed E-state index contributed by atoms with van der Waals surface area (Å²) in [6.07, 6.45) is 0.765. The third-order valence-corrected chi connectivity index (χ3v) is 2.98. The van der Waals surface area contributed by atoms with Gasteiger partial charge in [-0.15, -0.1) is 0 Å². The predicted molar refractivity (Wildman–Crippen MR) is 62.1 cm³/mol. The molecule has 0 aromatic carbocycles. The summed E-state index contributed by atoms with van der Waals surface area (Å²) in [7, 11) is 1.86. The minimum atomic E-state index is -0.650. The lowest BCUT2D eigenvalue weighted by Crippen LogP contribution is -2.56. The van der Waals surface area contributed by atoms with E-state index >= 15 is 0 Å². The third kappa shape index (κ3) is 4.07. The molecule has 0 aliphatic rings. The van der Waals surface area contributed by atoms with E-state index < -0.39 is 12.5 Å². The fraction of sp³-hybridized carbons (Fsp3) is 1.00. The second-order valence-corrected chi connectivity index (χ2v) is 4.02. The first-order chi connectivity index (χ1) is 6.99. The Hall–Kier alpha value is -0.160. The highest BCUT2D eigenvalue weighted by Gasteiger charge is 2.29. The molecule has 0 rings (SSSR count). The van der Waals surface area contributed by atoms with Crippen LogP contribution in [0, 0.1) is 5.92 Å². The Morgan fingerprint density at radius 2 is 1.47 bits per heavy atom. The summed E-state index contributed by atoms with van der Waals surface area (Å²) in [5.41, 5.74) is 0. The van der Waals surface area contributed by atoms with Gasteiger partial charge in [0.2, 0.25) is 0 Å². The normalized spacial score (nSPS) is 18.2. The molecule has 3 unspecified atom stereocenters. The second-order valence-electron chi connectivity index (χ2n) is 4.02. The number of hydrogen-bond donors (Lipinski definition) is 3. The largest absolute Gasteiger partial charge is 0.379 e. The first-order valence-corrected chi connectivity index (χ1v) is 5.80. The number of nitrogens with one attached hydrogen (secondary N) is 1. The van der Waals surface area contributed by atoms with Crippen LogP contribution in [0.15, 0.2) is 0 Å². The lowest BCUT2D eigenvalue weighted by atomic mass is 9.98. The van der Waals surface area contributed by atoms with Crippen molar-refractivity contribution in [3.63, 3.8) is 0 Å². The van der Waals surface area contributed by atoms with E-state index in [1.54, 1.807) is 18.7 Å². The van der Waals surface area contributed by atoms with Crippen molar-refractivity contribution in [2.24, 2.45) is 5.92 Å². The second kappa shape index (κ2) is 7.17. The molecule has 3 N–H and O–H groups in total. The Morgan fingerprint density at radius 3 is 1.67 bits per heavy atom. The van der Waals surface area contributed by atoms with Gasteiger partial charge < -0.3 is 15.5 Å². The molecule has 0 spiro atoms. The molecule has 0 radical (unpaired) electrons. The maximum atomic E-state index is 9.65. The Balaban J connectivity index is 4.71. The summed E-state index contributed by atoms with van der Waals surface area (Å²) in [6.45, 7) is 7.61. The van der Waals surface area contributed by atoms with E-state index in [2.05, 4.69) is 19.2 Å². The van der Waals surface area contributed by atoms with Crippen LogP contribution in [-0.4, -0.2) is 40.8 Å². The highest BCUT2D eigenvalue weighted by atomic mass is 16.3. The third-order valence-electron chi connectivity index (χ3n) is 2.98. The number of nitrogens with zero attached hydrogens (tertiary/aromatic N) is 1. The summed E-state index contributed by atoms with van der Waals surface area (Å²) < 4.78 is 0. The lowest BCUT2D eigenvalue weighted by molar-refractivity contribution is -0.128. The van der Waals surface area contributed by atoms with Crippen LogP contribution < -0.4 is 5.32 Å². The molecule has 92 valence electrons. The van der Waals surface area contributed by atoms with Crippen LogP contribution in [0.25, 0.3) is 0 Å². The molecule has 0 heterocycles. The minimum Gasteiger partial charge on any atom is -0.379 e. The summed E-state index contributed by atoms with van der Waals surface area (Å²) in [5.74, 6) is 0.430. The Kier molecular flexibility index (Phi) is 7.09. The van der Waals surface area contributed by atoms with Crippen LogP contribution in [-0.2, 0) is 0 Å². The van der Waals surface area contributed by atoms with Crippen LogP contribution >= 0.6 is 0 Å². The van der Waals surface area contributed by atoms with Gasteiger partial charge in [-0.25, -0.2) is 4.90 Å². The number of aliphatic hydroxyl groups is 2. The van der Waals surface area contributed by atoms with Gasteiger partial charge in [-0.05, 0) is 26.8 Å². The topological polar surface area (TPSA) is 55.7 Å². The molecular formula is C11H26N2O2. The molecule has 15 heavy (non-hydrogen) atoms. The molecule has 0 fully saturated rings. The van der Waals surface area contributed by atoms with Gasteiger partial charge >= 0.3 is 0 Å². The fourth-order valence-electron chi connectivity index (χ4n) is 2.14. The molecule has 0 aromatic rings. The highest BCUT2D eigenvalue weighted by molar-refractivity contribution is 4.76. The van der Waals surface area contributed by atoms with Crippen LogP contribution in [0.3, 0.4) is 0 Å². The molecule has 0 aliphatic carbocycles. The molecule has 0 saturated carbocycles. The van der Waals surface area contributed by atoms with Gasteiger partial charge in [-0.3, -0.25) is 0 Å². The van der Waals surface area contributed by atoms with Crippen molar-refractivity contribution in [1.82, 2.24) is 10.2 Å². The molecule has 4 nitrogen and oxygen atoms in total. The zero-order valence-corrected chi connectivity index (χ0v) is 10.6. The van der Waals surface area contributed by atoms with Gasteiger partial charge in [-0.2, -0.15) is 0 Å². The molecule has 4 heteroatoms. The van der Waals surface area contributed by atoms with Crippen LogP contribution in [0.5, 0.6) is 0 Å². The van der Waals surface area contributed by atoms with E-state index in [9.17, 15) is 10.2 Å². The maximum absolute atomic E-state index is 9.65. The van der Waals surface area contributed by atoms with Crippen molar-refractivity contribution in [2.45, 2.75) is 59.2 Å². The predicted octanol–water partition coefficient (Wildman–Crippen LogP) is 0.947. The number of hydrogen-bond acceptors (Lipinski definition) is 4. The van der Waals surface area contributed by atoms with E-state index in [1.165, 1.54) is 0 Å². The van der Waals surface area contributed by atoms with Gasteiger partial charge in [0.15, 0.2) is 0 Å². The van der Waals surface area contributed by atoms with E-state index in [4.69, 9.17) is 0 Å². The lowest BCUT2D eigenvalue weighted by Gasteiger charge is -2.39. The van der Waals surface area contributed by atoms with Crippen molar-refractivity contribution >= 4 is 0 Å². The van der Waals surface area contributed by atoms with Crippen molar-refractivity contribution in [3.05, 3.63) is 0 Å². The summed E-state index contributed by atoms with van der Waals surface area (Å²) in [4.78, 5) is 1.69. The SMILES string of the molecule is CCC(CC)C(NC)N(C(C)O)C(C)O. The van der Waals surface area contributed by atoms with Crippen LogP contribution in [0.1, 0.15) is 40.5 Å². The minimum absolute atomic E-state index is 0.0139. The molecular weight excluding hydrogens is 192 g/mol. The summed E-state index contributed by atoms with van der Waals surface area (Å²) in [6, 6.07) is 0. The van der Waals surface area contributed by atoms with Crippen molar-refractivity contribution < 1.29 is 10.2 Å². The first-order valence-electron chi connectivity index (χ1n) is 5.80. The number of rotatable bonds is 7.